The molecular formula is C16H16FNO3. The van der Waals surface area contributed by atoms with Gasteiger partial charge in [-0.1, -0.05) is 0 Å². The number of imide groups is 1. The Kier molecular flexibility index (Phi) is 3.27. The molecule has 1 aliphatic heterocycles. The first-order valence-corrected chi connectivity index (χ1v) is 6.99. The molecule has 2 aliphatic rings. The Morgan fingerprint density at radius 3 is 2.19 bits per heavy atom. The van der Waals surface area contributed by atoms with Gasteiger partial charge >= 0.3 is 0 Å². The molecule has 0 atom stereocenters. The molecule has 1 aromatic rings. The average Bonchev–Trinajstić information content (AvgIpc) is 2.72. The molecule has 0 unspecified atom stereocenters. The van der Waals surface area contributed by atoms with E-state index in [1.54, 1.807) is 6.92 Å². The zero-order chi connectivity index (χ0) is 15.1. The number of rotatable bonds is 2. The van der Waals surface area contributed by atoms with Crippen molar-refractivity contribution in [2.75, 3.05) is 12.0 Å². The molecule has 0 fully saturated rings. The van der Waals surface area contributed by atoms with Crippen molar-refractivity contribution in [3.63, 3.8) is 0 Å². The summed E-state index contributed by atoms with van der Waals surface area (Å²) in [6, 6.07) is 2.70. The Labute approximate surface area is 122 Å². The molecule has 1 heterocycles. The average molecular weight is 289 g/mol. The van der Waals surface area contributed by atoms with Crippen LogP contribution in [0.15, 0.2) is 23.3 Å². The Balaban J connectivity index is 2.06. The summed E-state index contributed by atoms with van der Waals surface area (Å²) in [6.45, 7) is 1.71. The number of hydrogen-bond donors (Lipinski definition) is 0. The van der Waals surface area contributed by atoms with E-state index in [-0.39, 0.29) is 17.5 Å². The second kappa shape index (κ2) is 4.98. The van der Waals surface area contributed by atoms with Crippen molar-refractivity contribution >= 4 is 17.5 Å². The Hall–Kier alpha value is -2.17. The quantitative estimate of drug-likeness (QED) is 0.786. The van der Waals surface area contributed by atoms with Gasteiger partial charge in [0.2, 0.25) is 0 Å². The Bertz CT molecular complexity index is 650. The van der Waals surface area contributed by atoms with Crippen LogP contribution in [0.4, 0.5) is 10.1 Å². The molecule has 0 saturated carbocycles. The van der Waals surface area contributed by atoms with E-state index in [9.17, 15) is 14.0 Å². The van der Waals surface area contributed by atoms with Gasteiger partial charge in [-0.2, -0.15) is 0 Å². The summed E-state index contributed by atoms with van der Waals surface area (Å²) in [6.07, 6.45) is 2.98. The lowest BCUT2D eigenvalue weighted by Crippen LogP contribution is -2.32. The van der Waals surface area contributed by atoms with E-state index in [0.717, 1.165) is 17.7 Å². The number of ether oxygens (including phenoxy) is 1. The molecule has 5 heteroatoms. The van der Waals surface area contributed by atoms with Gasteiger partial charge in [-0.25, -0.2) is 9.29 Å². The fraction of sp³-hybridized carbons (Fsp3) is 0.375. The van der Waals surface area contributed by atoms with Gasteiger partial charge in [-0.15, -0.1) is 0 Å². The minimum Gasteiger partial charge on any atom is -0.496 e. The van der Waals surface area contributed by atoms with Gasteiger partial charge in [0.25, 0.3) is 11.8 Å². The standard InChI is InChI=1S/C16H16FNO3/c1-9-7-12(17)13(8-14(9)21-2)18-15(19)10-5-3-4-6-11(10)16(18)20/h7-8H,3-6H2,1-2H3. The van der Waals surface area contributed by atoms with Crippen LogP contribution in [0.3, 0.4) is 0 Å². The number of nitrogens with zero attached hydrogens (tertiary/aromatic N) is 1. The van der Waals surface area contributed by atoms with E-state index in [4.69, 9.17) is 4.74 Å². The molecule has 2 amide bonds. The van der Waals surface area contributed by atoms with E-state index in [2.05, 4.69) is 0 Å². The minimum absolute atomic E-state index is 0.0261. The molecule has 110 valence electrons. The topological polar surface area (TPSA) is 46.6 Å². The lowest BCUT2D eigenvalue weighted by molar-refractivity contribution is -0.120. The molecule has 3 rings (SSSR count). The number of hydrogen-bond acceptors (Lipinski definition) is 3. The summed E-state index contributed by atoms with van der Waals surface area (Å²) in [5, 5.41) is 0. The molecule has 4 nitrogen and oxygen atoms in total. The third-order valence-corrected chi connectivity index (χ3v) is 4.10. The molecule has 21 heavy (non-hydrogen) atoms. The lowest BCUT2D eigenvalue weighted by atomic mass is 9.93. The molecule has 0 radical (unpaired) electrons. The first-order chi connectivity index (χ1) is 10.0. The van der Waals surface area contributed by atoms with Crippen molar-refractivity contribution in [2.24, 2.45) is 0 Å². The normalized spacial score (nSPS) is 18.3. The third kappa shape index (κ3) is 2.04. The van der Waals surface area contributed by atoms with Crippen LogP contribution in [-0.4, -0.2) is 18.9 Å². The number of amides is 2. The minimum atomic E-state index is -0.588. The van der Waals surface area contributed by atoms with Gasteiger partial charge in [0.15, 0.2) is 0 Å². The highest BCUT2D eigenvalue weighted by atomic mass is 19.1. The van der Waals surface area contributed by atoms with Gasteiger partial charge in [0.05, 0.1) is 12.8 Å². The van der Waals surface area contributed by atoms with Gasteiger partial charge in [0, 0.05) is 17.2 Å². The van der Waals surface area contributed by atoms with Crippen molar-refractivity contribution in [3.8, 4) is 5.75 Å². The fourth-order valence-electron chi connectivity index (χ4n) is 2.99. The molecular weight excluding hydrogens is 273 g/mol. The number of aryl methyl sites for hydroxylation is 1. The van der Waals surface area contributed by atoms with Crippen LogP contribution in [0.5, 0.6) is 5.75 Å². The summed E-state index contributed by atoms with van der Waals surface area (Å²) < 4.78 is 19.4. The number of benzene rings is 1. The summed E-state index contributed by atoms with van der Waals surface area (Å²) in [5.74, 6) is -0.911. The van der Waals surface area contributed by atoms with Gasteiger partial charge in [-0.05, 0) is 44.2 Å². The van der Waals surface area contributed by atoms with E-state index in [0.29, 0.717) is 35.3 Å². The van der Waals surface area contributed by atoms with E-state index in [1.165, 1.54) is 19.2 Å². The molecule has 0 bridgehead atoms. The van der Waals surface area contributed by atoms with Crippen LogP contribution < -0.4 is 9.64 Å². The lowest BCUT2D eigenvalue weighted by Gasteiger charge is -2.18. The molecule has 1 aromatic carbocycles. The fourth-order valence-corrected chi connectivity index (χ4v) is 2.99. The predicted molar refractivity (Wildman–Crippen MR) is 75.7 cm³/mol. The van der Waals surface area contributed by atoms with Crippen LogP contribution in [0.1, 0.15) is 31.2 Å². The number of carbonyl (C=O) groups excluding carboxylic acids is 2. The first-order valence-electron chi connectivity index (χ1n) is 6.99. The SMILES string of the molecule is COc1cc(N2C(=O)C3=C(CCCC3)C2=O)c(F)cc1C. The van der Waals surface area contributed by atoms with E-state index < -0.39 is 5.82 Å². The molecule has 0 saturated heterocycles. The van der Waals surface area contributed by atoms with Crippen molar-refractivity contribution in [1.29, 1.82) is 0 Å². The van der Waals surface area contributed by atoms with Crippen molar-refractivity contribution < 1.29 is 18.7 Å². The second-order valence-electron chi connectivity index (χ2n) is 5.38. The molecule has 0 N–H and O–H groups in total. The van der Waals surface area contributed by atoms with Crippen LogP contribution in [0.25, 0.3) is 0 Å². The first kappa shape index (κ1) is 13.8. The maximum atomic E-state index is 14.2. The van der Waals surface area contributed by atoms with Crippen LogP contribution in [0.2, 0.25) is 0 Å². The van der Waals surface area contributed by atoms with Crippen LogP contribution in [-0.2, 0) is 9.59 Å². The number of halogens is 1. The van der Waals surface area contributed by atoms with E-state index >= 15 is 0 Å². The van der Waals surface area contributed by atoms with Crippen LogP contribution >= 0.6 is 0 Å². The van der Waals surface area contributed by atoms with Gasteiger partial charge in [-0.3, -0.25) is 9.59 Å². The van der Waals surface area contributed by atoms with Crippen molar-refractivity contribution in [2.45, 2.75) is 32.6 Å². The van der Waals surface area contributed by atoms with Gasteiger partial charge < -0.3 is 4.74 Å². The summed E-state index contributed by atoms with van der Waals surface area (Å²) in [7, 11) is 1.47. The zero-order valence-corrected chi connectivity index (χ0v) is 12.0. The Morgan fingerprint density at radius 1 is 1.10 bits per heavy atom. The van der Waals surface area contributed by atoms with Crippen LogP contribution in [0, 0.1) is 12.7 Å². The smallest absolute Gasteiger partial charge is 0.261 e. The monoisotopic (exact) mass is 289 g/mol. The highest BCUT2D eigenvalue weighted by Crippen LogP contribution is 2.38. The predicted octanol–water partition coefficient (Wildman–Crippen LogP) is 2.89. The second-order valence-corrected chi connectivity index (χ2v) is 5.38. The maximum absolute atomic E-state index is 14.2. The number of carbonyl (C=O) groups is 2. The van der Waals surface area contributed by atoms with Crippen molar-refractivity contribution in [3.05, 3.63) is 34.7 Å². The largest absolute Gasteiger partial charge is 0.496 e. The summed E-state index contributed by atoms with van der Waals surface area (Å²) >= 11 is 0. The molecule has 1 aliphatic carbocycles. The summed E-state index contributed by atoms with van der Waals surface area (Å²) in [4.78, 5) is 25.8. The maximum Gasteiger partial charge on any atom is 0.261 e. The highest BCUT2D eigenvalue weighted by Gasteiger charge is 2.40. The molecule has 0 spiro atoms. The highest BCUT2D eigenvalue weighted by molar-refractivity contribution is 6.33. The Morgan fingerprint density at radius 2 is 1.67 bits per heavy atom. The number of anilines is 1. The van der Waals surface area contributed by atoms with Crippen molar-refractivity contribution in [1.82, 2.24) is 0 Å². The third-order valence-electron chi connectivity index (χ3n) is 4.10. The van der Waals surface area contributed by atoms with Gasteiger partial charge in [0.1, 0.15) is 11.6 Å². The van der Waals surface area contributed by atoms with E-state index in [1.807, 2.05) is 0 Å². The zero-order valence-electron chi connectivity index (χ0n) is 12.0. The molecule has 0 aromatic heterocycles. The summed E-state index contributed by atoms with van der Waals surface area (Å²) in [5.41, 5.74) is 1.69. The number of methoxy groups -OCH3 is 1.